The second-order valence-electron chi connectivity index (χ2n) is 3.18. The molecular formula is C11H7BrO2S2. The van der Waals surface area contributed by atoms with Crippen molar-refractivity contribution in [3.05, 3.63) is 45.5 Å². The van der Waals surface area contributed by atoms with E-state index in [0.29, 0.717) is 0 Å². The Bertz CT molecular complexity index is 522. The van der Waals surface area contributed by atoms with E-state index < -0.39 is 0 Å². The van der Waals surface area contributed by atoms with Gasteiger partial charge in [-0.3, -0.25) is 0 Å². The Labute approximate surface area is 109 Å². The fourth-order valence-electron chi connectivity index (χ4n) is 1.43. The standard InChI is InChI=1S/C11H7BrO2S2/c12-10-4-3-8(16-10)7-1-2-9(15-7)11-13-5-6-14-11/h1-6,11H. The Kier molecular flexibility index (Phi) is 2.75. The van der Waals surface area contributed by atoms with E-state index in [4.69, 9.17) is 9.47 Å². The normalized spacial score (nSPS) is 15.1. The summed E-state index contributed by atoms with van der Waals surface area (Å²) in [6, 6.07) is 8.32. The van der Waals surface area contributed by atoms with E-state index in [1.807, 2.05) is 6.07 Å². The van der Waals surface area contributed by atoms with Crippen LogP contribution >= 0.6 is 38.6 Å². The van der Waals surface area contributed by atoms with Crippen LogP contribution in [0.2, 0.25) is 0 Å². The molecule has 0 aromatic carbocycles. The van der Waals surface area contributed by atoms with Crippen molar-refractivity contribution in [2.45, 2.75) is 6.29 Å². The van der Waals surface area contributed by atoms with Gasteiger partial charge in [0.25, 0.3) is 6.29 Å². The first-order valence-corrected chi connectivity index (χ1v) is 7.07. The molecule has 1 aliphatic rings. The number of hydrogen-bond donors (Lipinski definition) is 0. The van der Waals surface area contributed by atoms with Crippen LogP contribution in [-0.4, -0.2) is 0 Å². The molecule has 0 saturated heterocycles. The number of hydrogen-bond acceptors (Lipinski definition) is 4. The summed E-state index contributed by atoms with van der Waals surface area (Å²) in [6.07, 6.45) is 2.89. The molecule has 0 amide bonds. The minimum atomic E-state index is -0.262. The molecule has 0 N–H and O–H groups in total. The molecular weight excluding hydrogens is 308 g/mol. The molecule has 82 valence electrons. The smallest absolute Gasteiger partial charge is 0.275 e. The van der Waals surface area contributed by atoms with E-state index in [-0.39, 0.29) is 6.29 Å². The van der Waals surface area contributed by atoms with E-state index >= 15 is 0 Å². The Morgan fingerprint density at radius 2 is 1.62 bits per heavy atom. The molecule has 2 aromatic rings. The third-order valence-corrected chi connectivity index (χ3v) is 5.06. The van der Waals surface area contributed by atoms with E-state index in [1.165, 1.54) is 9.75 Å². The molecule has 0 radical (unpaired) electrons. The van der Waals surface area contributed by atoms with Crippen LogP contribution < -0.4 is 0 Å². The van der Waals surface area contributed by atoms with Crippen LogP contribution in [0.1, 0.15) is 11.2 Å². The van der Waals surface area contributed by atoms with Crippen LogP contribution in [0.3, 0.4) is 0 Å². The fourth-order valence-corrected chi connectivity index (χ4v) is 3.89. The van der Waals surface area contributed by atoms with Crippen LogP contribution in [0.5, 0.6) is 0 Å². The average Bonchev–Trinajstić information content (AvgIpc) is 2.97. The number of halogens is 1. The third kappa shape index (κ3) is 1.90. The quantitative estimate of drug-likeness (QED) is 0.796. The summed E-state index contributed by atoms with van der Waals surface area (Å²) < 4.78 is 11.7. The monoisotopic (exact) mass is 314 g/mol. The summed E-state index contributed by atoms with van der Waals surface area (Å²) in [6.45, 7) is 0. The lowest BCUT2D eigenvalue weighted by Gasteiger charge is -2.06. The highest BCUT2D eigenvalue weighted by Gasteiger charge is 2.18. The van der Waals surface area contributed by atoms with Gasteiger partial charge in [0.1, 0.15) is 12.5 Å². The zero-order valence-electron chi connectivity index (χ0n) is 8.05. The molecule has 0 atom stereocenters. The fraction of sp³-hybridized carbons (Fsp3) is 0.0909. The molecule has 2 aromatic heterocycles. The molecule has 1 aliphatic heterocycles. The van der Waals surface area contributed by atoms with Crippen molar-refractivity contribution in [2.24, 2.45) is 0 Å². The molecule has 0 fully saturated rings. The predicted molar refractivity (Wildman–Crippen MR) is 69.4 cm³/mol. The topological polar surface area (TPSA) is 18.5 Å². The largest absolute Gasteiger partial charge is 0.454 e. The second kappa shape index (κ2) is 4.24. The summed E-state index contributed by atoms with van der Waals surface area (Å²) >= 11 is 6.89. The SMILES string of the molecule is Brc1ccc(-c2ccc(C3OC=CO3)s2)s1. The van der Waals surface area contributed by atoms with Gasteiger partial charge >= 0.3 is 0 Å². The molecule has 3 heterocycles. The molecule has 0 spiro atoms. The lowest BCUT2D eigenvalue weighted by molar-refractivity contribution is -0.0216. The molecule has 3 rings (SSSR count). The molecule has 2 nitrogen and oxygen atoms in total. The highest BCUT2D eigenvalue weighted by molar-refractivity contribution is 9.11. The van der Waals surface area contributed by atoms with E-state index in [9.17, 15) is 0 Å². The van der Waals surface area contributed by atoms with E-state index in [0.717, 1.165) is 8.66 Å². The molecule has 5 heteroatoms. The van der Waals surface area contributed by atoms with Crippen molar-refractivity contribution in [1.82, 2.24) is 0 Å². The van der Waals surface area contributed by atoms with Gasteiger partial charge in [-0.05, 0) is 40.2 Å². The first-order valence-electron chi connectivity index (χ1n) is 4.64. The van der Waals surface area contributed by atoms with Gasteiger partial charge < -0.3 is 9.47 Å². The highest BCUT2D eigenvalue weighted by atomic mass is 79.9. The zero-order valence-corrected chi connectivity index (χ0v) is 11.3. The summed E-state index contributed by atoms with van der Waals surface area (Å²) in [4.78, 5) is 3.59. The minimum Gasteiger partial charge on any atom is -0.454 e. The molecule has 0 saturated carbocycles. The Morgan fingerprint density at radius 1 is 0.938 bits per heavy atom. The zero-order chi connectivity index (χ0) is 11.0. The average molecular weight is 315 g/mol. The first-order chi connectivity index (χ1) is 7.83. The maximum atomic E-state index is 5.30. The highest BCUT2D eigenvalue weighted by Crippen LogP contribution is 2.38. The van der Waals surface area contributed by atoms with Crippen molar-refractivity contribution in [3.63, 3.8) is 0 Å². The van der Waals surface area contributed by atoms with Gasteiger partial charge in [-0.1, -0.05) is 0 Å². The maximum Gasteiger partial charge on any atom is 0.275 e. The number of rotatable bonds is 2. The molecule has 16 heavy (non-hydrogen) atoms. The maximum absolute atomic E-state index is 5.30. The minimum absolute atomic E-state index is 0.262. The molecule has 0 bridgehead atoms. The number of thiophene rings is 2. The van der Waals surface area contributed by atoms with Crippen LogP contribution in [-0.2, 0) is 9.47 Å². The van der Waals surface area contributed by atoms with Crippen molar-refractivity contribution in [3.8, 4) is 9.75 Å². The van der Waals surface area contributed by atoms with Gasteiger partial charge in [-0.15, -0.1) is 22.7 Å². The van der Waals surface area contributed by atoms with Gasteiger partial charge in [0, 0.05) is 9.75 Å². The van der Waals surface area contributed by atoms with Crippen molar-refractivity contribution in [1.29, 1.82) is 0 Å². The van der Waals surface area contributed by atoms with Gasteiger partial charge in [0.05, 0.1) is 8.66 Å². The molecule has 0 unspecified atom stereocenters. The van der Waals surface area contributed by atoms with Gasteiger partial charge in [-0.25, -0.2) is 0 Å². The lowest BCUT2D eigenvalue weighted by Crippen LogP contribution is -1.92. The van der Waals surface area contributed by atoms with Crippen molar-refractivity contribution < 1.29 is 9.47 Å². The van der Waals surface area contributed by atoms with Crippen LogP contribution in [0.25, 0.3) is 9.75 Å². The Balaban J connectivity index is 1.87. The third-order valence-electron chi connectivity index (χ3n) is 2.14. The van der Waals surface area contributed by atoms with Crippen LogP contribution in [0, 0.1) is 0 Å². The van der Waals surface area contributed by atoms with Crippen molar-refractivity contribution in [2.75, 3.05) is 0 Å². The van der Waals surface area contributed by atoms with Gasteiger partial charge in [-0.2, -0.15) is 0 Å². The van der Waals surface area contributed by atoms with E-state index in [2.05, 4.69) is 34.1 Å². The van der Waals surface area contributed by atoms with Crippen LogP contribution in [0.15, 0.2) is 40.6 Å². The van der Waals surface area contributed by atoms with Gasteiger partial charge in [0.2, 0.25) is 0 Å². The van der Waals surface area contributed by atoms with Crippen molar-refractivity contribution >= 4 is 38.6 Å². The second-order valence-corrected chi connectivity index (χ2v) is 6.76. The predicted octanol–water partition coefficient (Wildman–Crippen LogP) is 4.76. The molecule has 0 aliphatic carbocycles. The Hall–Kier alpha value is -0.780. The lowest BCUT2D eigenvalue weighted by atomic mass is 10.3. The Morgan fingerprint density at radius 3 is 2.31 bits per heavy atom. The van der Waals surface area contributed by atoms with Gasteiger partial charge in [0.15, 0.2) is 0 Å². The summed E-state index contributed by atoms with van der Waals surface area (Å²) in [5.74, 6) is 0. The summed E-state index contributed by atoms with van der Waals surface area (Å²) in [7, 11) is 0. The first kappa shape index (κ1) is 10.4. The number of ether oxygens (including phenoxy) is 2. The van der Waals surface area contributed by atoms with E-state index in [1.54, 1.807) is 35.2 Å². The summed E-state index contributed by atoms with van der Waals surface area (Å²) in [5.41, 5.74) is 0. The van der Waals surface area contributed by atoms with Crippen LogP contribution in [0.4, 0.5) is 0 Å². The summed E-state index contributed by atoms with van der Waals surface area (Å²) in [5, 5.41) is 0.